The Morgan fingerprint density at radius 3 is 2.61 bits per heavy atom. The molecule has 2 rings (SSSR count). The number of pyridine rings is 1. The van der Waals surface area contributed by atoms with Crippen molar-refractivity contribution < 1.29 is 8.60 Å². The molecular weight excluding hydrogens is 251 g/mol. The van der Waals surface area contributed by atoms with E-state index in [4.69, 9.17) is 0 Å². The second-order valence-electron chi connectivity index (χ2n) is 5.49. The molecule has 0 saturated heterocycles. The molecule has 0 N–H and O–H groups in total. The van der Waals surface area contributed by atoms with Crippen molar-refractivity contribution in [2.24, 2.45) is 4.40 Å². The second-order valence-corrected chi connectivity index (χ2v) is 7.42. The highest BCUT2D eigenvalue weighted by molar-refractivity contribution is 7.85. The molecule has 1 aliphatic carbocycles. The molecular formula is C13H17FN2OS. The zero-order valence-electron chi connectivity index (χ0n) is 10.8. The van der Waals surface area contributed by atoms with Crippen LogP contribution in [-0.4, -0.2) is 20.2 Å². The number of hydrogen-bond donors (Lipinski definition) is 0. The Morgan fingerprint density at radius 2 is 2.11 bits per heavy atom. The molecule has 0 bridgehead atoms. The summed E-state index contributed by atoms with van der Waals surface area (Å²) in [6.45, 7) is 5.51. The highest BCUT2D eigenvalue weighted by atomic mass is 32.2. The van der Waals surface area contributed by atoms with Gasteiger partial charge in [-0.3, -0.25) is 0 Å². The Balaban J connectivity index is 2.13. The molecule has 1 aromatic rings. The molecule has 0 unspecified atom stereocenters. The summed E-state index contributed by atoms with van der Waals surface area (Å²) in [7, 11) is -1.34. The molecule has 1 aliphatic rings. The molecule has 1 atom stereocenters. The van der Waals surface area contributed by atoms with E-state index in [0.717, 1.165) is 12.8 Å². The summed E-state index contributed by atoms with van der Waals surface area (Å²) >= 11 is 0. The SMILES string of the molecule is CC(C)(C)[S@](=O)N=Cc1ccc(C2CC2)c(F)n1. The normalized spacial score (nSPS) is 18.2. The van der Waals surface area contributed by atoms with Crippen LogP contribution in [0.2, 0.25) is 0 Å². The smallest absolute Gasteiger partial charge is 0.216 e. The van der Waals surface area contributed by atoms with Gasteiger partial charge < -0.3 is 0 Å². The fourth-order valence-electron chi connectivity index (χ4n) is 1.49. The summed E-state index contributed by atoms with van der Waals surface area (Å²) in [5.41, 5.74) is 1.10. The Morgan fingerprint density at radius 1 is 1.44 bits per heavy atom. The third kappa shape index (κ3) is 3.22. The number of halogens is 1. The van der Waals surface area contributed by atoms with Crippen LogP contribution in [0, 0.1) is 5.95 Å². The Hall–Kier alpha value is -1.10. The predicted octanol–water partition coefficient (Wildman–Crippen LogP) is 2.98. The molecule has 0 amide bonds. The average molecular weight is 268 g/mol. The molecule has 1 aromatic heterocycles. The molecule has 0 radical (unpaired) electrons. The van der Waals surface area contributed by atoms with Gasteiger partial charge in [-0.1, -0.05) is 6.07 Å². The van der Waals surface area contributed by atoms with Crippen molar-refractivity contribution in [2.45, 2.75) is 44.3 Å². The zero-order chi connectivity index (χ0) is 13.3. The van der Waals surface area contributed by atoms with Gasteiger partial charge in [-0.15, -0.1) is 0 Å². The van der Waals surface area contributed by atoms with Gasteiger partial charge in [0.2, 0.25) is 5.95 Å². The van der Waals surface area contributed by atoms with Crippen LogP contribution in [0.1, 0.15) is 50.8 Å². The van der Waals surface area contributed by atoms with E-state index in [-0.39, 0.29) is 0 Å². The van der Waals surface area contributed by atoms with E-state index in [1.165, 1.54) is 6.21 Å². The lowest BCUT2D eigenvalue weighted by Crippen LogP contribution is -2.19. The fraction of sp³-hybridized carbons (Fsp3) is 0.538. The zero-order valence-corrected chi connectivity index (χ0v) is 11.6. The minimum absolute atomic E-state index is 0.340. The van der Waals surface area contributed by atoms with Gasteiger partial charge >= 0.3 is 0 Å². The van der Waals surface area contributed by atoms with E-state index in [9.17, 15) is 8.60 Å². The van der Waals surface area contributed by atoms with E-state index in [1.54, 1.807) is 12.1 Å². The molecule has 0 spiro atoms. The summed E-state index contributed by atoms with van der Waals surface area (Å²) in [6, 6.07) is 3.47. The van der Waals surface area contributed by atoms with Crippen molar-refractivity contribution in [3.8, 4) is 0 Å². The topological polar surface area (TPSA) is 42.3 Å². The molecule has 1 heterocycles. The highest BCUT2D eigenvalue weighted by Gasteiger charge is 2.27. The number of nitrogens with zero attached hydrogens (tertiary/aromatic N) is 2. The van der Waals surface area contributed by atoms with Crippen LogP contribution >= 0.6 is 0 Å². The van der Waals surface area contributed by atoms with E-state index in [2.05, 4.69) is 9.38 Å². The van der Waals surface area contributed by atoms with Crippen molar-refractivity contribution in [3.05, 3.63) is 29.3 Å². The molecule has 1 saturated carbocycles. The molecule has 18 heavy (non-hydrogen) atoms. The van der Waals surface area contributed by atoms with Crippen molar-refractivity contribution >= 4 is 17.2 Å². The van der Waals surface area contributed by atoms with Gasteiger partial charge in [0.15, 0.2) is 0 Å². The highest BCUT2D eigenvalue weighted by Crippen LogP contribution is 2.40. The van der Waals surface area contributed by atoms with Gasteiger partial charge in [0, 0.05) is 5.56 Å². The Labute approximate surface area is 109 Å². The lowest BCUT2D eigenvalue weighted by molar-refractivity contribution is 0.566. The van der Waals surface area contributed by atoms with Crippen LogP contribution in [-0.2, 0) is 11.0 Å². The monoisotopic (exact) mass is 268 g/mol. The van der Waals surface area contributed by atoms with E-state index in [1.807, 2.05) is 20.8 Å². The van der Waals surface area contributed by atoms with Crippen LogP contribution in [0.15, 0.2) is 16.5 Å². The lowest BCUT2D eigenvalue weighted by Gasteiger charge is -2.12. The minimum Gasteiger partial charge on any atom is -0.234 e. The lowest BCUT2D eigenvalue weighted by atomic mass is 10.2. The van der Waals surface area contributed by atoms with Gasteiger partial charge in [0.25, 0.3) is 0 Å². The first-order valence-electron chi connectivity index (χ1n) is 6.00. The summed E-state index contributed by atoms with van der Waals surface area (Å²) in [5.74, 6) is -0.0878. The maximum atomic E-state index is 13.7. The Kier molecular flexibility index (Phi) is 3.61. The molecule has 5 heteroatoms. The van der Waals surface area contributed by atoms with Crippen LogP contribution in [0.3, 0.4) is 0 Å². The quantitative estimate of drug-likeness (QED) is 0.624. The van der Waals surface area contributed by atoms with E-state index >= 15 is 0 Å². The van der Waals surface area contributed by atoms with Gasteiger partial charge in [-0.05, 0) is 45.6 Å². The molecule has 98 valence electrons. The molecule has 0 aromatic carbocycles. The summed E-state index contributed by atoms with van der Waals surface area (Å²) in [6.07, 6.45) is 3.46. The van der Waals surface area contributed by atoms with Crippen molar-refractivity contribution in [2.75, 3.05) is 0 Å². The van der Waals surface area contributed by atoms with Gasteiger partial charge in [0.1, 0.15) is 11.0 Å². The summed E-state index contributed by atoms with van der Waals surface area (Å²) in [5, 5.41) is 0. The first kappa shape index (κ1) is 13.3. The second kappa shape index (κ2) is 4.88. The number of rotatable bonds is 3. The third-order valence-electron chi connectivity index (χ3n) is 2.72. The third-order valence-corrected chi connectivity index (χ3v) is 4.07. The van der Waals surface area contributed by atoms with Crippen LogP contribution in [0.5, 0.6) is 0 Å². The van der Waals surface area contributed by atoms with Gasteiger partial charge in [0.05, 0.1) is 16.7 Å². The van der Waals surface area contributed by atoms with Crippen molar-refractivity contribution in [1.82, 2.24) is 4.98 Å². The van der Waals surface area contributed by atoms with Crippen LogP contribution in [0.25, 0.3) is 0 Å². The standard InChI is InChI=1S/C13H17FN2OS/c1-13(2,3)18(17)15-8-10-6-7-11(9-4-5-9)12(14)16-10/h6-9H,4-5H2,1-3H3/t18-/m0/s1. The fourth-order valence-corrected chi connectivity index (χ4v) is 2.01. The maximum Gasteiger partial charge on any atom is 0.216 e. The molecule has 0 aliphatic heterocycles. The predicted molar refractivity (Wildman–Crippen MR) is 71.7 cm³/mol. The van der Waals surface area contributed by atoms with Crippen LogP contribution < -0.4 is 0 Å². The first-order valence-corrected chi connectivity index (χ1v) is 7.11. The largest absolute Gasteiger partial charge is 0.234 e. The molecule has 3 nitrogen and oxygen atoms in total. The van der Waals surface area contributed by atoms with E-state index in [0.29, 0.717) is 17.2 Å². The average Bonchev–Trinajstić information content (AvgIpc) is 3.08. The van der Waals surface area contributed by atoms with Crippen molar-refractivity contribution in [3.63, 3.8) is 0 Å². The summed E-state index contributed by atoms with van der Waals surface area (Å²) in [4.78, 5) is 3.84. The number of hydrogen-bond acceptors (Lipinski definition) is 2. The number of aromatic nitrogens is 1. The minimum atomic E-state index is -1.34. The van der Waals surface area contributed by atoms with Gasteiger partial charge in [-0.2, -0.15) is 8.79 Å². The Bertz CT molecular complexity index is 504. The summed E-state index contributed by atoms with van der Waals surface area (Å²) < 4.78 is 28.9. The van der Waals surface area contributed by atoms with Crippen LogP contribution in [0.4, 0.5) is 4.39 Å². The van der Waals surface area contributed by atoms with E-state index < -0.39 is 21.7 Å². The van der Waals surface area contributed by atoms with Gasteiger partial charge in [-0.25, -0.2) is 9.19 Å². The van der Waals surface area contributed by atoms with Crippen molar-refractivity contribution in [1.29, 1.82) is 0 Å². The maximum absolute atomic E-state index is 13.7. The molecule has 1 fully saturated rings. The first-order chi connectivity index (χ1) is 8.38.